The number of amides is 1. The summed E-state index contributed by atoms with van der Waals surface area (Å²) in [5.41, 5.74) is 1.64. The lowest BCUT2D eigenvalue weighted by Crippen LogP contribution is -2.13. The Morgan fingerprint density at radius 1 is 1.31 bits per heavy atom. The van der Waals surface area contributed by atoms with Crippen LogP contribution >= 0.6 is 11.6 Å². The summed E-state index contributed by atoms with van der Waals surface area (Å²) >= 11 is 5.80. The molecule has 1 rings (SSSR count). The number of carbonyl (C=O) groups excluding carboxylic acids is 2. The Bertz CT molecular complexity index is 415. The number of anilines is 1. The number of hydrogen-bond donors (Lipinski definition) is 1. The van der Waals surface area contributed by atoms with Gasteiger partial charge < -0.3 is 10.1 Å². The molecule has 0 aliphatic rings. The minimum absolute atomic E-state index is 0.0166. The SMILES string of the molecule is CC(=O)CCC(=O)Nc1ccc(Cl)cc1C. The smallest absolute Gasteiger partial charge is 0.224 e. The predicted octanol–water partition coefficient (Wildman–Crippen LogP) is 2.96. The number of nitrogens with one attached hydrogen (secondary N) is 1. The normalized spacial score (nSPS) is 9.94. The van der Waals surface area contributed by atoms with E-state index in [-0.39, 0.29) is 24.5 Å². The number of benzene rings is 1. The number of carbonyl (C=O) groups is 2. The Morgan fingerprint density at radius 2 is 2.00 bits per heavy atom. The van der Waals surface area contributed by atoms with Crippen molar-refractivity contribution in [2.24, 2.45) is 0 Å². The standard InChI is InChI=1S/C12H14ClNO2/c1-8-7-10(13)4-5-11(8)14-12(16)6-3-9(2)15/h4-5,7H,3,6H2,1-2H3,(H,14,16). The summed E-state index contributed by atoms with van der Waals surface area (Å²) in [6, 6.07) is 5.25. The van der Waals surface area contributed by atoms with Gasteiger partial charge in [-0.2, -0.15) is 0 Å². The second kappa shape index (κ2) is 5.66. The first kappa shape index (κ1) is 12.7. The summed E-state index contributed by atoms with van der Waals surface area (Å²) in [6.45, 7) is 3.34. The Kier molecular flexibility index (Phi) is 4.50. The molecule has 0 fully saturated rings. The van der Waals surface area contributed by atoms with E-state index < -0.39 is 0 Å². The Morgan fingerprint density at radius 3 is 2.56 bits per heavy atom. The zero-order valence-corrected chi connectivity index (χ0v) is 10.1. The molecule has 0 saturated heterocycles. The quantitative estimate of drug-likeness (QED) is 0.878. The molecular weight excluding hydrogens is 226 g/mol. The van der Waals surface area contributed by atoms with Crippen LogP contribution in [0.3, 0.4) is 0 Å². The average molecular weight is 240 g/mol. The molecule has 1 N–H and O–H groups in total. The van der Waals surface area contributed by atoms with Crippen LogP contribution in [0.15, 0.2) is 18.2 Å². The predicted molar refractivity (Wildman–Crippen MR) is 64.7 cm³/mol. The molecule has 1 aromatic rings. The van der Waals surface area contributed by atoms with Gasteiger partial charge in [0.05, 0.1) is 0 Å². The third-order valence-electron chi connectivity index (χ3n) is 2.17. The summed E-state index contributed by atoms with van der Waals surface area (Å²) in [6.07, 6.45) is 0.496. The fraction of sp³-hybridized carbons (Fsp3) is 0.333. The van der Waals surface area contributed by atoms with Crippen molar-refractivity contribution in [3.05, 3.63) is 28.8 Å². The van der Waals surface area contributed by atoms with E-state index in [4.69, 9.17) is 11.6 Å². The first-order valence-corrected chi connectivity index (χ1v) is 5.42. The van der Waals surface area contributed by atoms with Crippen molar-refractivity contribution in [1.82, 2.24) is 0 Å². The average Bonchev–Trinajstić information content (AvgIpc) is 2.19. The molecule has 16 heavy (non-hydrogen) atoms. The lowest BCUT2D eigenvalue weighted by atomic mass is 10.2. The molecule has 0 unspecified atom stereocenters. The first-order valence-electron chi connectivity index (χ1n) is 5.04. The third kappa shape index (κ3) is 4.03. The molecule has 0 atom stereocenters. The van der Waals surface area contributed by atoms with Crippen LogP contribution in [0.25, 0.3) is 0 Å². The highest BCUT2D eigenvalue weighted by molar-refractivity contribution is 6.30. The van der Waals surface area contributed by atoms with Gasteiger partial charge in [-0.3, -0.25) is 4.79 Å². The van der Waals surface area contributed by atoms with Gasteiger partial charge in [0.25, 0.3) is 0 Å². The molecule has 0 saturated carbocycles. The van der Waals surface area contributed by atoms with Crippen LogP contribution in [-0.4, -0.2) is 11.7 Å². The summed E-state index contributed by atoms with van der Waals surface area (Å²) in [4.78, 5) is 22.2. The Labute approximate surface area is 99.8 Å². The van der Waals surface area contributed by atoms with Crippen molar-refractivity contribution in [2.75, 3.05) is 5.32 Å². The monoisotopic (exact) mass is 239 g/mol. The molecule has 4 heteroatoms. The molecule has 0 heterocycles. The summed E-state index contributed by atoms with van der Waals surface area (Å²) in [7, 11) is 0. The second-order valence-electron chi connectivity index (χ2n) is 3.71. The fourth-order valence-electron chi connectivity index (χ4n) is 1.27. The van der Waals surface area contributed by atoms with Gasteiger partial charge in [-0.05, 0) is 37.6 Å². The van der Waals surface area contributed by atoms with Crippen molar-refractivity contribution in [3.63, 3.8) is 0 Å². The van der Waals surface area contributed by atoms with Crippen LogP contribution in [0, 0.1) is 6.92 Å². The van der Waals surface area contributed by atoms with Gasteiger partial charge in [-0.1, -0.05) is 11.6 Å². The van der Waals surface area contributed by atoms with Gasteiger partial charge in [0.2, 0.25) is 5.91 Å². The van der Waals surface area contributed by atoms with Gasteiger partial charge >= 0.3 is 0 Å². The number of hydrogen-bond acceptors (Lipinski definition) is 2. The Balaban J connectivity index is 2.59. The van der Waals surface area contributed by atoms with Crippen LogP contribution in [0.2, 0.25) is 5.02 Å². The van der Waals surface area contributed by atoms with E-state index in [0.29, 0.717) is 5.02 Å². The van der Waals surface area contributed by atoms with E-state index >= 15 is 0 Å². The summed E-state index contributed by atoms with van der Waals surface area (Å²) in [5.74, 6) is -0.136. The molecule has 0 radical (unpaired) electrons. The zero-order chi connectivity index (χ0) is 12.1. The minimum atomic E-state index is -0.152. The number of Topliss-reactive ketones (excluding diaryl/α,β-unsaturated/α-hetero) is 1. The number of aryl methyl sites for hydroxylation is 1. The second-order valence-corrected chi connectivity index (χ2v) is 4.15. The van der Waals surface area contributed by atoms with Crippen LogP contribution in [0.1, 0.15) is 25.3 Å². The van der Waals surface area contributed by atoms with Crippen LogP contribution in [0.4, 0.5) is 5.69 Å². The van der Waals surface area contributed by atoms with Crippen molar-refractivity contribution in [2.45, 2.75) is 26.7 Å². The van der Waals surface area contributed by atoms with E-state index in [0.717, 1.165) is 11.3 Å². The van der Waals surface area contributed by atoms with Gasteiger partial charge in [-0.15, -0.1) is 0 Å². The van der Waals surface area contributed by atoms with Crippen molar-refractivity contribution >= 4 is 29.0 Å². The van der Waals surface area contributed by atoms with Gasteiger partial charge in [0, 0.05) is 23.6 Å². The third-order valence-corrected chi connectivity index (χ3v) is 2.40. The highest BCUT2D eigenvalue weighted by Gasteiger charge is 2.06. The molecule has 0 aliphatic carbocycles. The van der Waals surface area contributed by atoms with Crippen LogP contribution in [-0.2, 0) is 9.59 Å². The largest absolute Gasteiger partial charge is 0.326 e. The summed E-state index contributed by atoms with van der Waals surface area (Å²) in [5, 5.41) is 3.38. The van der Waals surface area contributed by atoms with E-state index in [1.165, 1.54) is 6.92 Å². The van der Waals surface area contributed by atoms with Crippen molar-refractivity contribution in [3.8, 4) is 0 Å². The van der Waals surface area contributed by atoms with Gasteiger partial charge in [-0.25, -0.2) is 0 Å². The van der Waals surface area contributed by atoms with Gasteiger partial charge in [0.15, 0.2) is 0 Å². The molecule has 0 aliphatic heterocycles. The van der Waals surface area contributed by atoms with E-state index in [2.05, 4.69) is 5.32 Å². The topological polar surface area (TPSA) is 46.2 Å². The maximum atomic E-state index is 11.5. The maximum absolute atomic E-state index is 11.5. The highest BCUT2D eigenvalue weighted by atomic mass is 35.5. The molecule has 86 valence electrons. The molecule has 0 aromatic heterocycles. The van der Waals surface area contributed by atoms with E-state index in [1.54, 1.807) is 18.2 Å². The Hall–Kier alpha value is -1.35. The van der Waals surface area contributed by atoms with E-state index in [1.807, 2.05) is 6.92 Å². The first-order chi connectivity index (χ1) is 7.49. The number of rotatable bonds is 4. The number of halogens is 1. The fourth-order valence-corrected chi connectivity index (χ4v) is 1.50. The zero-order valence-electron chi connectivity index (χ0n) is 9.34. The lowest BCUT2D eigenvalue weighted by Gasteiger charge is -2.07. The van der Waals surface area contributed by atoms with E-state index in [9.17, 15) is 9.59 Å². The van der Waals surface area contributed by atoms with Crippen molar-refractivity contribution in [1.29, 1.82) is 0 Å². The van der Waals surface area contributed by atoms with Gasteiger partial charge in [0.1, 0.15) is 5.78 Å². The maximum Gasteiger partial charge on any atom is 0.224 e. The molecule has 0 spiro atoms. The summed E-state index contributed by atoms with van der Waals surface area (Å²) < 4.78 is 0. The van der Waals surface area contributed by atoms with Crippen molar-refractivity contribution < 1.29 is 9.59 Å². The highest BCUT2D eigenvalue weighted by Crippen LogP contribution is 2.19. The van der Waals surface area contributed by atoms with Crippen LogP contribution in [0.5, 0.6) is 0 Å². The van der Waals surface area contributed by atoms with Crippen LogP contribution < -0.4 is 5.32 Å². The molecule has 1 aromatic carbocycles. The number of ketones is 1. The minimum Gasteiger partial charge on any atom is -0.326 e. The molecule has 0 bridgehead atoms. The molecule has 1 amide bonds. The molecule has 3 nitrogen and oxygen atoms in total. The molecular formula is C12H14ClNO2. The lowest BCUT2D eigenvalue weighted by molar-refractivity contribution is -0.121.